The van der Waals surface area contributed by atoms with Gasteiger partial charge in [0, 0.05) is 38.1 Å². The Morgan fingerprint density at radius 3 is 2.40 bits per heavy atom. The summed E-state index contributed by atoms with van der Waals surface area (Å²) < 4.78 is 46.1. The molecule has 0 atom stereocenters. The molecule has 10 heteroatoms. The molecule has 184 valence electrons. The molecule has 1 N–H and O–H groups in total. The van der Waals surface area contributed by atoms with Gasteiger partial charge in [-0.15, -0.1) is 13.2 Å². The van der Waals surface area contributed by atoms with E-state index in [1.165, 1.54) is 12.1 Å². The number of aromatic nitrogens is 1. The molecule has 1 aliphatic rings. The number of pyridine rings is 1. The minimum Gasteiger partial charge on any atom is -0.497 e. The number of anilines is 1. The van der Waals surface area contributed by atoms with Crippen molar-refractivity contribution in [1.82, 2.24) is 15.2 Å². The van der Waals surface area contributed by atoms with E-state index in [1.807, 2.05) is 30.3 Å². The molecule has 3 aromatic rings. The number of hydrogen-bond acceptors (Lipinski definition) is 6. The van der Waals surface area contributed by atoms with Crippen LogP contribution in [-0.2, 0) is 13.1 Å². The maximum absolute atomic E-state index is 12.6. The maximum atomic E-state index is 12.6. The van der Waals surface area contributed by atoms with Gasteiger partial charge < -0.3 is 19.7 Å². The average molecular weight is 486 g/mol. The molecule has 4 rings (SSSR count). The summed E-state index contributed by atoms with van der Waals surface area (Å²) in [6, 6.07) is 16.9. The molecule has 0 aliphatic carbocycles. The third kappa shape index (κ3) is 6.86. The highest BCUT2D eigenvalue weighted by molar-refractivity contribution is 5.92. The monoisotopic (exact) mass is 486 g/mol. The van der Waals surface area contributed by atoms with Gasteiger partial charge in [0.25, 0.3) is 5.91 Å². The van der Waals surface area contributed by atoms with E-state index >= 15 is 0 Å². The molecule has 0 saturated carbocycles. The third-order valence-corrected chi connectivity index (χ3v) is 5.57. The molecule has 1 fully saturated rings. The van der Waals surface area contributed by atoms with Crippen molar-refractivity contribution in [3.05, 3.63) is 83.7 Å². The summed E-state index contributed by atoms with van der Waals surface area (Å²) in [4.78, 5) is 21.0. The van der Waals surface area contributed by atoms with E-state index in [9.17, 15) is 18.0 Å². The van der Waals surface area contributed by atoms with Gasteiger partial charge in [0.05, 0.1) is 13.8 Å². The number of halogens is 3. The largest absolute Gasteiger partial charge is 0.573 e. The van der Waals surface area contributed by atoms with Gasteiger partial charge in [-0.3, -0.25) is 14.7 Å². The standard InChI is InChI=1S/C25H25F3N4O3/c1-34-21-6-2-18(3-7-21)15-30-24(33)23-14-19(10-11-29-23)16-31-12-13-32(17-31)20-4-8-22(9-5-20)35-25(26,27)28/h2-11,14H,12-13,15-17H2,1H3,(H,30,33). The van der Waals surface area contributed by atoms with Crippen molar-refractivity contribution in [2.24, 2.45) is 0 Å². The van der Waals surface area contributed by atoms with Crippen molar-refractivity contribution in [3.8, 4) is 11.5 Å². The lowest BCUT2D eigenvalue weighted by atomic mass is 10.2. The Labute approximate surface area is 201 Å². The lowest BCUT2D eigenvalue weighted by Crippen LogP contribution is -2.26. The number of alkyl halides is 3. The van der Waals surface area contributed by atoms with Crippen molar-refractivity contribution >= 4 is 11.6 Å². The van der Waals surface area contributed by atoms with Crippen LogP contribution in [0.1, 0.15) is 21.6 Å². The van der Waals surface area contributed by atoms with Crippen molar-refractivity contribution in [1.29, 1.82) is 0 Å². The molecule has 0 bridgehead atoms. The van der Waals surface area contributed by atoms with Crippen LogP contribution in [0.3, 0.4) is 0 Å². The molecule has 1 aliphatic heterocycles. The first-order chi connectivity index (χ1) is 16.8. The Morgan fingerprint density at radius 1 is 1.00 bits per heavy atom. The van der Waals surface area contributed by atoms with E-state index in [2.05, 4.69) is 24.8 Å². The molecule has 1 saturated heterocycles. The summed E-state index contributed by atoms with van der Waals surface area (Å²) in [5, 5.41) is 2.88. The van der Waals surface area contributed by atoms with Gasteiger partial charge in [0.15, 0.2) is 0 Å². The van der Waals surface area contributed by atoms with Crippen LogP contribution in [0.25, 0.3) is 0 Å². The molecule has 1 amide bonds. The van der Waals surface area contributed by atoms with E-state index in [-0.39, 0.29) is 11.7 Å². The average Bonchev–Trinajstić information content (AvgIpc) is 3.31. The number of methoxy groups -OCH3 is 1. The van der Waals surface area contributed by atoms with Gasteiger partial charge in [-0.2, -0.15) is 0 Å². The van der Waals surface area contributed by atoms with Crippen LogP contribution >= 0.6 is 0 Å². The van der Waals surface area contributed by atoms with Crippen molar-refractivity contribution in [2.75, 3.05) is 31.8 Å². The fourth-order valence-corrected chi connectivity index (χ4v) is 3.81. The minimum absolute atomic E-state index is 0.244. The second kappa shape index (κ2) is 10.6. The van der Waals surface area contributed by atoms with Gasteiger partial charge in [-0.25, -0.2) is 0 Å². The topological polar surface area (TPSA) is 66.9 Å². The fourth-order valence-electron chi connectivity index (χ4n) is 3.81. The van der Waals surface area contributed by atoms with Gasteiger partial charge >= 0.3 is 6.36 Å². The number of carbonyl (C=O) groups is 1. The molecule has 0 radical (unpaired) electrons. The minimum atomic E-state index is -4.71. The zero-order valence-corrected chi connectivity index (χ0v) is 19.1. The van der Waals surface area contributed by atoms with Crippen LogP contribution in [-0.4, -0.2) is 49.0 Å². The number of ether oxygens (including phenoxy) is 2. The molecule has 2 aromatic carbocycles. The lowest BCUT2D eigenvalue weighted by Gasteiger charge is -2.20. The van der Waals surface area contributed by atoms with E-state index in [0.29, 0.717) is 25.5 Å². The number of hydrogen-bond donors (Lipinski definition) is 1. The van der Waals surface area contributed by atoms with Crippen molar-refractivity contribution in [2.45, 2.75) is 19.5 Å². The highest BCUT2D eigenvalue weighted by Crippen LogP contribution is 2.26. The van der Waals surface area contributed by atoms with Gasteiger partial charge in [0.2, 0.25) is 0 Å². The molecular weight excluding hydrogens is 461 g/mol. The number of nitrogens with zero attached hydrogens (tertiary/aromatic N) is 3. The predicted octanol–water partition coefficient (Wildman–Crippen LogP) is 4.20. The normalized spacial score (nSPS) is 14.1. The molecule has 2 heterocycles. The number of carbonyl (C=O) groups excluding carboxylic acids is 1. The molecule has 0 unspecified atom stereocenters. The summed E-state index contributed by atoms with van der Waals surface area (Å²) in [6.45, 7) is 3.12. The first kappa shape index (κ1) is 24.3. The van der Waals surface area contributed by atoms with Gasteiger partial charge in [0.1, 0.15) is 17.2 Å². The van der Waals surface area contributed by atoms with Crippen LogP contribution in [0, 0.1) is 0 Å². The van der Waals surface area contributed by atoms with E-state index in [4.69, 9.17) is 4.74 Å². The summed E-state index contributed by atoms with van der Waals surface area (Å²) >= 11 is 0. The Bertz CT molecular complexity index is 1140. The summed E-state index contributed by atoms with van der Waals surface area (Å²) in [5.41, 5.74) is 3.05. The summed E-state index contributed by atoms with van der Waals surface area (Å²) in [6.07, 6.45) is -3.09. The number of rotatable bonds is 8. The molecule has 7 nitrogen and oxygen atoms in total. The Balaban J connectivity index is 1.30. The lowest BCUT2D eigenvalue weighted by molar-refractivity contribution is -0.274. The Morgan fingerprint density at radius 2 is 1.71 bits per heavy atom. The predicted molar refractivity (Wildman–Crippen MR) is 124 cm³/mol. The second-order valence-electron chi connectivity index (χ2n) is 8.08. The van der Waals surface area contributed by atoms with E-state index < -0.39 is 6.36 Å². The fraction of sp³-hybridized carbons (Fsp3) is 0.280. The van der Waals surface area contributed by atoms with Crippen molar-refractivity contribution < 1.29 is 27.4 Å². The Hall–Kier alpha value is -3.79. The van der Waals surface area contributed by atoms with Crippen molar-refractivity contribution in [3.63, 3.8) is 0 Å². The number of nitrogens with one attached hydrogen (secondary N) is 1. The summed E-state index contributed by atoms with van der Waals surface area (Å²) in [5.74, 6) is 0.251. The molecular formula is C25H25F3N4O3. The first-order valence-electron chi connectivity index (χ1n) is 11.0. The van der Waals surface area contributed by atoms with E-state index in [1.54, 1.807) is 31.5 Å². The zero-order chi connectivity index (χ0) is 24.8. The van der Waals surface area contributed by atoms with Crippen LogP contribution in [0.15, 0.2) is 66.9 Å². The molecule has 35 heavy (non-hydrogen) atoms. The molecule has 1 aromatic heterocycles. The number of benzene rings is 2. The number of amides is 1. The summed E-state index contributed by atoms with van der Waals surface area (Å²) in [7, 11) is 1.60. The Kier molecular flexibility index (Phi) is 7.40. The van der Waals surface area contributed by atoms with Gasteiger partial charge in [-0.1, -0.05) is 12.1 Å². The molecule has 0 spiro atoms. The third-order valence-electron chi connectivity index (χ3n) is 5.57. The van der Waals surface area contributed by atoms with Crippen LogP contribution in [0.5, 0.6) is 11.5 Å². The van der Waals surface area contributed by atoms with Gasteiger partial charge in [-0.05, 0) is 59.7 Å². The first-order valence-corrected chi connectivity index (χ1v) is 11.0. The maximum Gasteiger partial charge on any atom is 0.573 e. The smallest absolute Gasteiger partial charge is 0.497 e. The quantitative estimate of drug-likeness (QED) is 0.515. The zero-order valence-electron chi connectivity index (χ0n) is 19.1. The van der Waals surface area contributed by atoms with Crippen LogP contribution in [0.2, 0.25) is 0 Å². The highest BCUT2D eigenvalue weighted by Gasteiger charge is 2.31. The highest BCUT2D eigenvalue weighted by atomic mass is 19.4. The van der Waals surface area contributed by atoms with E-state index in [0.717, 1.165) is 35.7 Å². The SMILES string of the molecule is COc1ccc(CNC(=O)c2cc(CN3CCN(c4ccc(OC(F)(F)F)cc4)C3)ccn2)cc1. The van der Waals surface area contributed by atoms with Crippen LogP contribution in [0.4, 0.5) is 18.9 Å². The van der Waals surface area contributed by atoms with Crippen LogP contribution < -0.4 is 19.7 Å². The second-order valence-corrected chi connectivity index (χ2v) is 8.08.